The maximum absolute atomic E-state index is 11.5. The number of methoxy groups -OCH3 is 1. The van der Waals surface area contributed by atoms with Crippen molar-refractivity contribution < 1.29 is 9.53 Å². The van der Waals surface area contributed by atoms with Crippen LogP contribution in [0.1, 0.15) is 47.2 Å². The maximum atomic E-state index is 11.5. The first kappa shape index (κ1) is 23.1. The summed E-state index contributed by atoms with van der Waals surface area (Å²) >= 11 is 0. The van der Waals surface area contributed by atoms with E-state index in [0.29, 0.717) is 6.04 Å². The molecule has 5 rings (SSSR count). The molecule has 2 heterocycles. The molecule has 2 aromatic carbocycles. The van der Waals surface area contributed by atoms with Crippen LogP contribution in [0, 0.1) is 0 Å². The number of hydrogen-bond acceptors (Lipinski definition) is 4. The Balaban J connectivity index is 1.39. The minimum absolute atomic E-state index is 0.334. The highest BCUT2D eigenvalue weighted by Gasteiger charge is 2.28. The summed E-state index contributed by atoms with van der Waals surface area (Å²) in [5.41, 5.74) is 7.58. The second kappa shape index (κ2) is 10.3. The highest BCUT2D eigenvalue weighted by Crippen LogP contribution is 2.37. The van der Waals surface area contributed by atoms with Gasteiger partial charge in [0.1, 0.15) is 0 Å². The van der Waals surface area contributed by atoms with Crippen molar-refractivity contribution in [2.24, 2.45) is 0 Å². The van der Waals surface area contributed by atoms with Gasteiger partial charge in [0.2, 0.25) is 0 Å². The second-order valence-electron chi connectivity index (χ2n) is 9.15. The van der Waals surface area contributed by atoms with Crippen LogP contribution >= 0.6 is 0 Å². The number of nitrogens with zero attached hydrogens (tertiary/aromatic N) is 3. The number of benzene rings is 2. The molecule has 180 valence electrons. The van der Waals surface area contributed by atoms with Gasteiger partial charge in [-0.05, 0) is 60.6 Å². The van der Waals surface area contributed by atoms with Crippen LogP contribution in [0.15, 0.2) is 67.1 Å². The average molecular weight is 469 g/mol. The number of carbonyl (C=O) groups is 1. The highest BCUT2D eigenvalue weighted by molar-refractivity contribution is 5.87. The van der Waals surface area contributed by atoms with Crippen molar-refractivity contribution in [2.45, 2.75) is 45.3 Å². The van der Waals surface area contributed by atoms with Crippen LogP contribution < -0.4 is 0 Å². The van der Waals surface area contributed by atoms with E-state index in [2.05, 4.69) is 76.8 Å². The van der Waals surface area contributed by atoms with E-state index in [-0.39, 0.29) is 5.97 Å². The Bertz CT molecular complexity index is 1350. The number of ether oxygens (including phenoxy) is 1. The summed E-state index contributed by atoms with van der Waals surface area (Å²) in [6, 6.07) is 15.4. The van der Waals surface area contributed by atoms with E-state index in [1.54, 1.807) is 0 Å². The molecule has 0 saturated carbocycles. The number of esters is 1. The fourth-order valence-electron chi connectivity index (χ4n) is 5.17. The van der Waals surface area contributed by atoms with E-state index < -0.39 is 0 Å². The third kappa shape index (κ3) is 5.08. The summed E-state index contributed by atoms with van der Waals surface area (Å²) in [6.07, 6.45) is 12.7. The van der Waals surface area contributed by atoms with E-state index in [4.69, 9.17) is 4.74 Å². The molecule has 4 aromatic rings. The van der Waals surface area contributed by atoms with Crippen molar-refractivity contribution in [3.63, 3.8) is 0 Å². The lowest BCUT2D eigenvalue weighted by Crippen LogP contribution is -2.29. The number of fused-ring (bicyclic) bond motifs is 2. The maximum Gasteiger partial charge on any atom is 0.330 e. The summed E-state index contributed by atoms with van der Waals surface area (Å²) in [4.78, 5) is 17.5. The number of rotatable bonds is 9. The molecule has 0 saturated heterocycles. The van der Waals surface area contributed by atoms with Gasteiger partial charge in [-0.15, -0.1) is 0 Å². The standard InChI is InChI=1S/C29H32N4O2/c1-3-33-20-22(17-31-33)19-32(15-14-24-18-30-27-7-5-4-6-25(24)27)28-12-10-23-16-21(8-11-26(23)28)9-13-29(34)35-2/h4-9,11,13,16-18,20,28,30H,3,10,12,14-15,19H2,1-2H3. The number of nitrogens with one attached hydrogen (secondary N) is 1. The van der Waals surface area contributed by atoms with Gasteiger partial charge in [-0.25, -0.2) is 4.79 Å². The molecule has 6 heteroatoms. The number of aromatic nitrogens is 3. The van der Waals surface area contributed by atoms with Crippen LogP contribution in [0.3, 0.4) is 0 Å². The van der Waals surface area contributed by atoms with Gasteiger partial charge in [-0.1, -0.05) is 36.4 Å². The number of para-hydroxylation sites is 1. The van der Waals surface area contributed by atoms with E-state index in [9.17, 15) is 4.79 Å². The lowest BCUT2D eigenvalue weighted by molar-refractivity contribution is -0.134. The molecule has 0 bridgehead atoms. The zero-order valence-corrected chi connectivity index (χ0v) is 20.4. The molecule has 0 radical (unpaired) electrons. The Morgan fingerprint density at radius 1 is 1.29 bits per heavy atom. The molecule has 1 N–H and O–H groups in total. The van der Waals surface area contributed by atoms with Crippen molar-refractivity contribution in [2.75, 3.05) is 13.7 Å². The van der Waals surface area contributed by atoms with Crippen LogP contribution in [-0.4, -0.2) is 39.3 Å². The normalized spacial score (nSPS) is 15.3. The fraction of sp³-hybridized carbons (Fsp3) is 0.310. The molecular formula is C29H32N4O2. The van der Waals surface area contributed by atoms with Crippen LogP contribution in [0.25, 0.3) is 17.0 Å². The Morgan fingerprint density at radius 3 is 3.00 bits per heavy atom. The molecule has 0 aliphatic heterocycles. The number of aromatic amines is 1. The summed E-state index contributed by atoms with van der Waals surface area (Å²) in [5.74, 6) is -0.334. The fourth-order valence-corrected chi connectivity index (χ4v) is 5.17. The molecule has 1 atom stereocenters. The Morgan fingerprint density at radius 2 is 2.17 bits per heavy atom. The molecule has 0 spiro atoms. The number of hydrogen-bond donors (Lipinski definition) is 1. The number of H-pyrrole nitrogens is 1. The van der Waals surface area contributed by atoms with Gasteiger partial charge in [-0.3, -0.25) is 9.58 Å². The first-order valence-corrected chi connectivity index (χ1v) is 12.3. The van der Waals surface area contributed by atoms with E-state index >= 15 is 0 Å². The second-order valence-corrected chi connectivity index (χ2v) is 9.15. The molecule has 35 heavy (non-hydrogen) atoms. The molecule has 1 aliphatic rings. The van der Waals surface area contributed by atoms with Crippen molar-refractivity contribution in [1.82, 2.24) is 19.7 Å². The molecule has 1 aliphatic carbocycles. The molecule has 2 aromatic heterocycles. The largest absolute Gasteiger partial charge is 0.466 e. The zero-order chi connectivity index (χ0) is 24.2. The molecule has 6 nitrogen and oxygen atoms in total. The lowest BCUT2D eigenvalue weighted by Gasteiger charge is -2.29. The monoisotopic (exact) mass is 468 g/mol. The zero-order valence-electron chi connectivity index (χ0n) is 20.4. The van der Waals surface area contributed by atoms with Crippen LogP contribution in [-0.2, 0) is 35.5 Å². The van der Waals surface area contributed by atoms with Crippen molar-refractivity contribution in [3.05, 3.63) is 94.9 Å². The Hall–Kier alpha value is -3.64. The predicted octanol–water partition coefficient (Wildman–Crippen LogP) is 5.30. The summed E-state index contributed by atoms with van der Waals surface area (Å²) in [7, 11) is 1.40. The van der Waals surface area contributed by atoms with E-state index in [1.807, 2.05) is 17.0 Å². The van der Waals surface area contributed by atoms with E-state index in [0.717, 1.165) is 44.5 Å². The molecular weight excluding hydrogens is 436 g/mol. The number of aryl methyl sites for hydroxylation is 2. The third-order valence-corrected chi connectivity index (χ3v) is 7.01. The smallest absolute Gasteiger partial charge is 0.330 e. The topological polar surface area (TPSA) is 63.2 Å². The van der Waals surface area contributed by atoms with Crippen molar-refractivity contribution in [1.29, 1.82) is 0 Å². The third-order valence-electron chi connectivity index (χ3n) is 7.01. The molecule has 0 fully saturated rings. The van der Waals surface area contributed by atoms with Crippen LogP contribution in [0.4, 0.5) is 0 Å². The SMILES string of the molecule is CCn1cc(CN(CCc2c[nH]c3ccccc23)C2CCc3cc(C=CC(=O)OC)ccc32)cn1. The lowest BCUT2D eigenvalue weighted by atomic mass is 10.0. The van der Waals surface area contributed by atoms with Crippen molar-refractivity contribution >= 4 is 22.9 Å². The van der Waals surface area contributed by atoms with Gasteiger partial charge in [0.25, 0.3) is 0 Å². The minimum Gasteiger partial charge on any atom is -0.466 e. The average Bonchev–Trinajstić information content (AvgIpc) is 3.63. The van der Waals surface area contributed by atoms with Crippen molar-refractivity contribution in [3.8, 4) is 0 Å². The van der Waals surface area contributed by atoms with Crippen LogP contribution in [0.2, 0.25) is 0 Å². The first-order valence-electron chi connectivity index (χ1n) is 12.3. The Labute approximate surface area is 206 Å². The molecule has 0 amide bonds. The van der Waals surface area contributed by atoms with E-state index in [1.165, 1.54) is 46.3 Å². The number of carbonyl (C=O) groups excluding carboxylic acids is 1. The van der Waals surface area contributed by atoms with Gasteiger partial charge in [-0.2, -0.15) is 5.10 Å². The summed E-state index contributed by atoms with van der Waals surface area (Å²) in [5, 5.41) is 5.81. The summed E-state index contributed by atoms with van der Waals surface area (Å²) < 4.78 is 6.72. The summed E-state index contributed by atoms with van der Waals surface area (Å²) in [6.45, 7) is 4.83. The first-order chi connectivity index (χ1) is 17.1. The Kier molecular flexibility index (Phi) is 6.82. The van der Waals surface area contributed by atoms with Gasteiger partial charge in [0.05, 0.1) is 13.3 Å². The van der Waals surface area contributed by atoms with Gasteiger partial charge in [0.15, 0.2) is 0 Å². The quantitative estimate of drug-likeness (QED) is 0.267. The minimum atomic E-state index is -0.334. The van der Waals surface area contributed by atoms with Gasteiger partial charge < -0.3 is 9.72 Å². The van der Waals surface area contributed by atoms with Gasteiger partial charge >= 0.3 is 5.97 Å². The predicted molar refractivity (Wildman–Crippen MR) is 139 cm³/mol. The van der Waals surface area contributed by atoms with Crippen LogP contribution in [0.5, 0.6) is 0 Å². The highest BCUT2D eigenvalue weighted by atomic mass is 16.5. The molecule has 1 unspecified atom stereocenters. The van der Waals surface area contributed by atoms with Gasteiger partial charge in [0, 0.05) is 60.6 Å².